The van der Waals surface area contributed by atoms with Crippen LogP contribution in [0, 0.1) is 0 Å². The molecule has 0 fully saturated rings. The molecule has 0 aliphatic carbocycles. The number of nitrogens with zero attached hydrogens (tertiary/aromatic N) is 3. The number of rotatable bonds is 4. The first-order valence-corrected chi connectivity index (χ1v) is 6.40. The molecule has 1 N–H and O–H groups in total. The number of nitrogens with one attached hydrogen (secondary N) is 1. The van der Waals surface area contributed by atoms with Gasteiger partial charge in [-0.25, -0.2) is 0 Å². The molecular formula is C9H10N4S2. The van der Waals surface area contributed by atoms with Crippen molar-refractivity contribution in [3.8, 4) is 0 Å². The first-order valence-electron chi connectivity index (χ1n) is 4.40. The van der Waals surface area contributed by atoms with Gasteiger partial charge in [0.2, 0.25) is 5.13 Å². The Hall–Kier alpha value is -1.14. The normalized spacial score (nSPS) is 10.2. The Balaban J connectivity index is 1.93. The highest BCUT2D eigenvalue weighted by Crippen LogP contribution is 2.15. The Bertz CT molecular complexity index is 399. The minimum absolute atomic E-state index is 0.754. The van der Waals surface area contributed by atoms with Gasteiger partial charge in [-0.1, -0.05) is 21.7 Å². The SMILES string of the molecule is CSc1ccc(CNc2nnns2)cc1. The van der Waals surface area contributed by atoms with E-state index in [1.807, 2.05) is 0 Å². The summed E-state index contributed by atoms with van der Waals surface area (Å²) in [5, 5.41) is 11.2. The van der Waals surface area contributed by atoms with E-state index in [9.17, 15) is 0 Å². The van der Waals surface area contributed by atoms with Crippen LogP contribution in [0.15, 0.2) is 29.2 Å². The topological polar surface area (TPSA) is 50.7 Å². The molecule has 15 heavy (non-hydrogen) atoms. The number of hydrogen-bond acceptors (Lipinski definition) is 6. The molecule has 0 atom stereocenters. The van der Waals surface area contributed by atoms with Crippen molar-refractivity contribution in [2.75, 3.05) is 11.6 Å². The smallest absolute Gasteiger partial charge is 0.225 e. The van der Waals surface area contributed by atoms with Crippen LogP contribution in [0.4, 0.5) is 5.13 Å². The molecule has 4 nitrogen and oxygen atoms in total. The zero-order chi connectivity index (χ0) is 10.5. The minimum atomic E-state index is 0.754. The van der Waals surface area contributed by atoms with Gasteiger partial charge in [0.1, 0.15) is 0 Å². The second kappa shape index (κ2) is 5.09. The molecule has 0 aliphatic heterocycles. The number of anilines is 1. The molecule has 2 aromatic rings. The largest absolute Gasteiger partial charge is 0.355 e. The van der Waals surface area contributed by atoms with Crippen molar-refractivity contribution in [1.82, 2.24) is 14.8 Å². The predicted molar refractivity (Wildman–Crippen MR) is 63.3 cm³/mol. The molecule has 6 heteroatoms. The van der Waals surface area contributed by atoms with E-state index >= 15 is 0 Å². The van der Waals surface area contributed by atoms with E-state index < -0.39 is 0 Å². The van der Waals surface area contributed by atoms with E-state index in [1.54, 1.807) is 11.8 Å². The van der Waals surface area contributed by atoms with E-state index in [-0.39, 0.29) is 0 Å². The van der Waals surface area contributed by atoms with Gasteiger partial charge in [0, 0.05) is 23.0 Å². The van der Waals surface area contributed by atoms with Crippen molar-refractivity contribution in [2.45, 2.75) is 11.4 Å². The third-order valence-corrected chi connectivity index (χ3v) is 3.20. The summed E-state index contributed by atoms with van der Waals surface area (Å²) in [6, 6.07) is 8.43. The number of benzene rings is 1. The van der Waals surface area contributed by atoms with E-state index in [2.05, 4.69) is 50.6 Å². The Kier molecular flexibility index (Phi) is 3.52. The zero-order valence-corrected chi connectivity index (χ0v) is 9.81. The van der Waals surface area contributed by atoms with Crippen LogP contribution in [-0.2, 0) is 6.54 Å². The molecule has 1 heterocycles. The zero-order valence-electron chi connectivity index (χ0n) is 8.17. The van der Waals surface area contributed by atoms with Gasteiger partial charge in [-0.3, -0.25) is 0 Å². The standard InChI is InChI=1S/C9H10N4S2/c1-14-8-4-2-7(3-5-8)6-10-9-11-12-13-15-9/h2-5H,6H2,1H3,(H,10,11,13). The Morgan fingerprint density at radius 1 is 1.33 bits per heavy atom. The van der Waals surface area contributed by atoms with Crippen molar-refractivity contribution in [3.63, 3.8) is 0 Å². The summed E-state index contributed by atoms with van der Waals surface area (Å²) in [7, 11) is 0. The Labute approximate surface area is 96.3 Å². The summed E-state index contributed by atoms with van der Waals surface area (Å²) in [6.07, 6.45) is 2.07. The van der Waals surface area contributed by atoms with Gasteiger partial charge in [-0.2, -0.15) is 0 Å². The summed E-state index contributed by atoms with van der Waals surface area (Å²) in [4.78, 5) is 1.27. The van der Waals surface area contributed by atoms with Crippen LogP contribution in [0.25, 0.3) is 0 Å². The van der Waals surface area contributed by atoms with Gasteiger partial charge in [0.25, 0.3) is 0 Å². The number of aromatic nitrogens is 3. The maximum Gasteiger partial charge on any atom is 0.225 e. The lowest BCUT2D eigenvalue weighted by Gasteiger charge is -2.02. The summed E-state index contributed by atoms with van der Waals surface area (Å²) < 4.78 is 3.68. The van der Waals surface area contributed by atoms with Gasteiger partial charge in [0.05, 0.1) is 0 Å². The molecule has 0 spiro atoms. The first-order chi connectivity index (χ1) is 7.38. The summed E-state index contributed by atoms with van der Waals surface area (Å²) in [5.41, 5.74) is 1.23. The highest BCUT2D eigenvalue weighted by atomic mass is 32.2. The lowest BCUT2D eigenvalue weighted by atomic mass is 10.2. The quantitative estimate of drug-likeness (QED) is 0.828. The average Bonchev–Trinajstić information content (AvgIpc) is 2.80. The van der Waals surface area contributed by atoms with E-state index in [0.717, 1.165) is 11.7 Å². The lowest BCUT2D eigenvalue weighted by Crippen LogP contribution is -1.98. The molecule has 1 aromatic carbocycles. The third kappa shape index (κ3) is 2.90. The van der Waals surface area contributed by atoms with Crippen LogP contribution >= 0.6 is 23.3 Å². The van der Waals surface area contributed by atoms with Crippen molar-refractivity contribution in [3.05, 3.63) is 29.8 Å². The van der Waals surface area contributed by atoms with E-state index in [0.29, 0.717) is 0 Å². The van der Waals surface area contributed by atoms with Gasteiger partial charge in [0.15, 0.2) is 0 Å². The highest BCUT2D eigenvalue weighted by molar-refractivity contribution is 7.98. The maximum atomic E-state index is 3.81. The second-order valence-corrected chi connectivity index (χ2v) is 4.48. The first kappa shape index (κ1) is 10.4. The highest BCUT2D eigenvalue weighted by Gasteiger charge is 1.97. The van der Waals surface area contributed by atoms with Crippen molar-refractivity contribution in [1.29, 1.82) is 0 Å². The molecule has 0 radical (unpaired) electrons. The Morgan fingerprint density at radius 2 is 2.13 bits per heavy atom. The molecular weight excluding hydrogens is 228 g/mol. The summed E-state index contributed by atoms with van der Waals surface area (Å²) in [5.74, 6) is 0. The van der Waals surface area contributed by atoms with Gasteiger partial charge in [-0.05, 0) is 29.2 Å². The molecule has 78 valence electrons. The van der Waals surface area contributed by atoms with Crippen LogP contribution in [0.1, 0.15) is 5.56 Å². The fourth-order valence-corrected chi connectivity index (χ4v) is 1.89. The van der Waals surface area contributed by atoms with E-state index in [1.165, 1.54) is 22.0 Å². The third-order valence-electron chi connectivity index (χ3n) is 1.90. The molecule has 0 saturated heterocycles. The van der Waals surface area contributed by atoms with Crippen LogP contribution < -0.4 is 5.32 Å². The Morgan fingerprint density at radius 3 is 2.73 bits per heavy atom. The molecule has 0 aliphatic rings. The van der Waals surface area contributed by atoms with Crippen LogP contribution in [0.3, 0.4) is 0 Å². The van der Waals surface area contributed by atoms with Crippen molar-refractivity contribution < 1.29 is 0 Å². The fourth-order valence-electron chi connectivity index (χ4n) is 1.12. The van der Waals surface area contributed by atoms with Crippen molar-refractivity contribution in [2.24, 2.45) is 0 Å². The predicted octanol–water partition coefficient (Wildman–Crippen LogP) is 2.27. The average molecular weight is 238 g/mol. The molecule has 0 amide bonds. The van der Waals surface area contributed by atoms with Crippen molar-refractivity contribution >= 4 is 28.4 Å². The minimum Gasteiger partial charge on any atom is -0.355 e. The summed E-state index contributed by atoms with van der Waals surface area (Å²) in [6.45, 7) is 0.755. The molecule has 1 aromatic heterocycles. The second-order valence-electron chi connectivity index (χ2n) is 2.87. The van der Waals surface area contributed by atoms with Gasteiger partial charge >= 0.3 is 0 Å². The molecule has 0 bridgehead atoms. The van der Waals surface area contributed by atoms with Crippen LogP contribution in [0.2, 0.25) is 0 Å². The molecule has 0 unspecified atom stereocenters. The maximum absolute atomic E-state index is 3.81. The number of thioether (sulfide) groups is 1. The lowest BCUT2D eigenvalue weighted by molar-refractivity contribution is 0.950. The molecule has 2 rings (SSSR count). The monoisotopic (exact) mass is 238 g/mol. The van der Waals surface area contributed by atoms with Gasteiger partial charge < -0.3 is 5.32 Å². The molecule has 0 saturated carbocycles. The number of hydrogen-bond donors (Lipinski definition) is 1. The summed E-state index contributed by atoms with van der Waals surface area (Å²) >= 11 is 3.01. The fraction of sp³-hybridized carbons (Fsp3) is 0.222. The van der Waals surface area contributed by atoms with E-state index in [4.69, 9.17) is 0 Å². The van der Waals surface area contributed by atoms with Crippen LogP contribution in [0.5, 0.6) is 0 Å². The van der Waals surface area contributed by atoms with Crippen LogP contribution in [-0.4, -0.2) is 21.1 Å². The van der Waals surface area contributed by atoms with Gasteiger partial charge in [-0.15, -0.1) is 11.8 Å².